The number of ketones is 1. The van der Waals surface area contributed by atoms with Crippen LogP contribution in [0.25, 0.3) is 0 Å². The van der Waals surface area contributed by atoms with Gasteiger partial charge in [0.2, 0.25) is 0 Å². The number of hydrogen-bond acceptors (Lipinski definition) is 2. The largest absolute Gasteiger partial charge is 0.381 e. The zero-order valence-electron chi connectivity index (χ0n) is 14.5. The van der Waals surface area contributed by atoms with Crippen LogP contribution >= 0.6 is 11.6 Å². The van der Waals surface area contributed by atoms with Gasteiger partial charge in [0.1, 0.15) is 0 Å². The number of hydrogen-bond donors (Lipinski definition) is 1. The molecule has 0 saturated carbocycles. The number of halogens is 1. The molecule has 128 valence electrons. The predicted molar refractivity (Wildman–Crippen MR) is 104 cm³/mol. The third kappa shape index (κ3) is 2.79. The molecule has 1 heterocycles. The summed E-state index contributed by atoms with van der Waals surface area (Å²) >= 11 is 6.40. The van der Waals surface area contributed by atoms with Crippen molar-refractivity contribution in [1.29, 1.82) is 0 Å². The van der Waals surface area contributed by atoms with Crippen LogP contribution in [0.3, 0.4) is 0 Å². The highest BCUT2D eigenvalue weighted by Crippen LogP contribution is 2.48. The van der Waals surface area contributed by atoms with Crippen molar-refractivity contribution < 1.29 is 4.79 Å². The van der Waals surface area contributed by atoms with Gasteiger partial charge in [-0.3, -0.25) is 4.79 Å². The summed E-state index contributed by atoms with van der Waals surface area (Å²) in [5.41, 5.74) is 3.49. The zero-order valence-corrected chi connectivity index (χ0v) is 15.3. The van der Waals surface area contributed by atoms with Crippen LogP contribution in [0, 0.1) is 11.8 Å². The number of nitrogens with one attached hydrogen (secondary N) is 1. The van der Waals surface area contributed by atoms with Gasteiger partial charge in [0, 0.05) is 33.8 Å². The summed E-state index contributed by atoms with van der Waals surface area (Å²) in [4.78, 5) is 13.1. The molecular formula is C22H22ClNO. The standard InChI is InChI=1S/C22H22ClNO/c1-13(2)20-17-10-6-9-16(17)18-11-15(23)12-19(21(18)24-20)22(25)14-7-4-3-5-8-14/h3-9,11-13,16-17,20,24H,10H2,1-2H3. The minimum atomic E-state index is 0.0229. The van der Waals surface area contributed by atoms with Gasteiger partial charge in [-0.2, -0.15) is 0 Å². The normalized spacial score (nSPS) is 23.9. The van der Waals surface area contributed by atoms with E-state index < -0.39 is 0 Å². The second kappa shape index (κ2) is 6.34. The number of carbonyl (C=O) groups is 1. The summed E-state index contributed by atoms with van der Waals surface area (Å²) < 4.78 is 0. The highest BCUT2D eigenvalue weighted by atomic mass is 35.5. The molecular weight excluding hydrogens is 330 g/mol. The molecule has 0 fully saturated rings. The maximum Gasteiger partial charge on any atom is 0.195 e. The van der Waals surface area contributed by atoms with Gasteiger partial charge < -0.3 is 5.32 Å². The van der Waals surface area contributed by atoms with Gasteiger partial charge in [-0.25, -0.2) is 0 Å². The average Bonchev–Trinajstić information content (AvgIpc) is 3.10. The van der Waals surface area contributed by atoms with Gasteiger partial charge in [0.05, 0.1) is 0 Å². The Morgan fingerprint density at radius 1 is 1.20 bits per heavy atom. The smallest absolute Gasteiger partial charge is 0.195 e. The molecule has 0 aromatic heterocycles. The van der Waals surface area contributed by atoms with E-state index >= 15 is 0 Å². The number of benzene rings is 2. The van der Waals surface area contributed by atoms with E-state index in [1.807, 2.05) is 36.4 Å². The van der Waals surface area contributed by atoms with Gasteiger partial charge >= 0.3 is 0 Å². The molecule has 3 atom stereocenters. The molecule has 2 aromatic rings. The van der Waals surface area contributed by atoms with E-state index in [1.54, 1.807) is 6.07 Å². The molecule has 0 bridgehead atoms. The first-order chi connectivity index (χ1) is 12.1. The van der Waals surface area contributed by atoms with E-state index in [9.17, 15) is 4.79 Å². The lowest BCUT2D eigenvalue weighted by Gasteiger charge is -2.40. The van der Waals surface area contributed by atoms with Crippen LogP contribution in [0.1, 0.15) is 47.7 Å². The molecule has 1 aliphatic heterocycles. The molecule has 2 aliphatic rings. The van der Waals surface area contributed by atoms with E-state index in [4.69, 9.17) is 11.6 Å². The van der Waals surface area contributed by atoms with Gasteiger partial charge in [0.15, 0.2) is 5.78 Å². The minimum absolute atomic E-state index is 0.0229. The first-order valence-electron chi connectivity index (χ1n) is 8.92. The van der Waals surface area contributed by atoms with Crippen molar-refractivity contribution in [2.75, 3.05) is 5.32 Å². The number of fused-ring (bicyclic) bond motifs is 3. The molecule has 2 nitrogen and oxygen atoms in total. The average molecular weight is 352 g/mol. The Morgan fingerprint density at radius 2 is 1.96 bits per heavy atom. The first-order valence-corrected chi connectivity index (χ1v) is 9.30. The third-order valence-corrected chi connectivity index (χ3v) is 5.70. The van der Waals surface area contributed by atoms with Crippen LogP contribution in [0.15, 0.2) is 54.6 Å². The van der Waals surface area contributed by atoms with Gasteiger partial charge in [-0.05, 0) is 36.0 Å². The number of allylic oxidation sites excluding steroid dienone is 2. The predicted octanol–water partition coefficient (Wildman–Crippen LogP) is 5.68. The molecule has 3 unspecified atom stereocenters. The lowest BCUT2D eigenvalue weighted by molar-refractivity contribution is 0.103. The van der Waals surface area contributed by atoms with Crippen molar-refractivity contribution in [3.05, 3.63) is 76.3 Å². The monoisotopic (exact) mass is 351 g/mol. The lowest BCUT2D eigenvalue weighted by Crippen LogP contribution is -2.40. The summed E-state index contributed by atoms with van der Waals surface area (Å²) in [6, 6.07) is 13.6. The van der Waals surface area contributed by atoms with E-state index in [0.717, 1.165) is 17.7 Å². The van der Waals surface area contributed by atoms with Crippen LogP contribution < -0.4 is 5.32 Å². The van der Waals surface area contributed by atoms with Gasteiger partial charge in [-0.1, -0.05) is 67.9 Å². The van der Waals surface area contributed by atoms with Crippen LogP contribution in [-0.2, 0) is 0 Å². The number of rotatable bonds is 3. The molecule has 4 rings (SSSR count). The van der Waals surface area contributed by atoms with E-state index in [0.29, 0.717) is 39.9 Å². The Kier molecular flexibility index (Phi) is 4.16. The lowest BCUT2D eigenvalue weighted by atomic mass is 9.74. The summed E-state index contributed by atoms with van der Waals surface area (Å²) in [6.45, 7) is 4.49. The Morgan fingerprint density at radius 3 is 2.68 bits per heavy atom. The van der Waals surface area contributed by atoms with Gasteiger partial charge in [0.25, 0.3) is 0 Å². The van der Waals surface area contributed by atoms with Gasteiger partial charge in [-0.15, -0.1) is 0 Å². The molecule has 0 saturated heterocycles. The first kappa shape index (κ1) is 16.4. The van der Waals surface area contributed by atoms with Crippen LogP contribution in [0.2, 0.25) is 5.02 Å². The second-order valence-electron chi connectivity index (χ2n) is 7.38. The van der Waals surface area contributed by atoms with E-state index in [1.165, 1.54) is 0 Å². The minimum Gasteiger partial charge on any atom is -0.381 e. The van der Waals surface area contributed by atoms with Crippen LogP contribution in [0.5, 0.6) is 0 Å². The van der Waals surface area contributed by atoms with E-state index in [-0.39, 0.29) is 5.78 Å². The molecule has 0 spiro atoms. The fourth-order valence-corrected chi connectivity index (χ4v) is 4.51. The van der Waals surface area contributed by atoms with Crippen LogP contribution in [-0.4, -0.2) is 11.8 Å². The molecule has 0 radical (unpaired) electrons. The highest BCUT2D eigenvalue weighted by molar-refractivity contribution is 6.31. The Balaban J connectivity index is 1.86. The van der Waals surface area contributed by atoms with Crippen molar-refractivity contribution in [3.8, 4) is 0 Å². The van der Waals surface area contributed by atoms with Crippen molar-refractivity contribution in [2.24, 2.45) is 11.8 Å². The molecule has 2 aromatic carbocycles. The second-order valence-corrected chi connectivity index (χ2v) is 7.82. The topological polar surface area (TPSA) is 29.1 Å². The van der Waals surface area contributed by atoms with Crippen molar-refractivity contribution in [1.82, 2.24) is 0 Å². The molecule has 3 heteroatoms. The fourth-order valence-electron chi connectivity index (χ4n) is 4.29. The van der Waals surface area contributed by atoms with Crippen molar-refractivity contribution >= 4 is 23.1 Å². The van der Waals surface area contributed by atoms with E-state index in [2.05, 4.69) is 31.3 Å². The third-order valence-electron chi connectivity index (χ3n) is 5.48. The molecule has 0 amide bonds. The zero-order chi connectivity index (χ0) is 17.6. The Hall–Kier alpha value is -2.06. The molecule has 1 N–H and O–H groups in total. The maximum atomic E-state index is 13.1. The summed E-state index contributed by atoms with van der Waals surface area (Å²) in [5.74, 6) is 1.39. The molecule has 25 heavy (non-hydrogen) atoms. The molecule has 1 aliphatic carbocycles. The Labute approximate surface area is 153 Å². The van der Waals surface area contributed by atoms with Crippen LogP contribution in [0.4, 0.5) is 5.69 Å². The number of anilines is 1. The summed E-state index contributed by atoms with van der Waals surface area (Å²) in [5, 5.41) is 4.32. The maximum absolute atomic E-state index is 13.1. The highest BCUT2D eigenvalue weighted by Gasteiger charge is 2.40. The summed E-state index contributed by atoms with van der Waals surface area (Å²) in [6.07, 6.45) is 5.63. The van der Waals surface area contributed by atoms with Crippen molar-refractivity contribution in [3.63, 3.8) is 0 Å². The SMILES string of the molecule is CC(C)C1Nc2c(C(=O)c3ccccc3)cc(Cl)cc2C2C=CCC21. The Bertz CT molecular complexity index is 841. The summed E-state index contributed by atoms with van der Waals surface area (Å²) in [7, 11) is 0. The quantitative estimate of drug-likeness (QED) is 0.569. The number of carbonyl (C=O) groups excluding carboxylic acids is 1. The fraction of sp³-hybridized carbons (Fsp3) is 0.318. The van der Waals surface area contributed by atoms with Crippen molar-refractivity contribution in [2.45, 2.75) is 32.2 Å².